The molecule has 0 spiro atoms. The summed E-state index contributed by atoms with van der Waals surface area (Å²) in [5.74, 6) is 0.646. The number of rotatable bonds is 9. The van der Waals surface area contributed by atoms with Crippen molar-refractivity contribution in [2.75, 3.05) is 11.9 Å². The highest BCUT2D eigenvalue weighted by Crippen LogP contribution is 2.21. The smallest absolute Gasteiger partial charge is 0.243 e. The van der Waals surface area contributed by atoms with Gasteiger partial charge in [-0.1, -0.05) is 36.3 Å². The molecule has 2 amide bonds. The normalized spacial score (nSPS) is 10.6. The minimum atomic E-state index is -0.244. The van der Waals surface area contributed by atoms with E-state index in [-0.39, 0.29) is 24.8 Å². The Bertz CT molecular complexity index is 921. The lowest BCUT2D eigenvalue weighted by Crippen LogP contribution is -2.32. The van der Waals surface area contributed by atoms with Gasteiger partial charge in [0.15, 0.2) is 0 Å². The molecule has 0 radical (unpaired) electrons. The van der Waals surface area contributed by atoms with Gasteiger partial charge in [-0.25, -0.2) is 0 Å². The van der Waals surface area contributed by atoms with E-state index in [2.05, 4.69) is 20.8 Å². The van der Waals surface area contributed by atoms with Gasteiger partial charge >= 0.3 is 0 Å². The molecule has 0 aliphatic heterocycles. The highest BCUT2D eigenvalue weighted by Gasteiger charge is 2.11. The van der Waals surface area contributed by atoms with Crippen LogP contribution in [-0.4, -0.2) is 28.5 Å². The number of benzene rings is 1. The quantitative estimate of drug-likeness (QED) is 0.575. The number of aryl methyl sites for hydroxylation is 2. The molecule has 0 saturated heterocycles. The number of hydrogen-bond acceptors (Lipinski definition) is 6. The van der Waals surface area contributed by atoms with E-state index in [0.29, 0.717) is 24.6 Å². The number of thiophene rings is 1. The monoisotopic (exact) mass is 398 g/mol. The zero-order valence-electron chi connectivity index (χ0n) is 15.6. The average molecular weight is 398 g/mol. The number of amides is 2. The first-order valence-corrected chi connectivity index (χ1v) is 10.0. The molecule has 3 aromatic rings. The van der Waals surface area contributed by atoms with Crippen molar-refractivity contribution in [3.63, 3.8) is 0 Å². The SMILES string of the molecule is CCc1ccccc1NC(=O)CNC(=O)CCCc1nc(-c2cccs2)no1. The van der Waals surface area contributed by atoms with Crippen LogP contribution in [0, 0.1) is 0 Å². The van der Waals surface area contributed by atoms with Gasteiger partial charge in [0, 0.05) is 18.5 Å². The summed E-state index contributed by atoms with van der Waals surface area (Å²) < 4.78 is 5.21. The summed E-state index contributed by atoms with van der Waals surface area (Å²) in [5.41, 5.74) is 1.84. The topological polar surface area (TPSA) is 97.1 Å². The van der Waals surface area contributed by atoms with E-state index in [4.69, 9.17) is 4.52 Å². The minimum Gasteiger partial charge on any atom is -0.347 e. The standard InChI is InChI=1S/C20H22N4O3S/c1-2-14-7-3-4-8-15(14)22-18(26)13-21-17(25)10-5-11-19-23-20(24-27-19)16-9-6-12-28-16/h3-4,6-9,12H,2,5,10-11,13H2,1H3,(H,21,25)(H,22,26). The molecule has 0 saturated carbocycles. The molecular weight excluding hydrogens is 376 g/mol. The maximum absolute atomic E-state index is 12.0. The molecule has 2 N–H and O–H groups in total. The number of anilines is 1. The van der Waals surface area contributed by atoms with Crippen LogP contribution in [0.2, 0.25) is 0 Å². The average Bonchev–Trinajstić information content (AvgIpc) is 3.38. The highest BCUT2D eigenvalue weighted by atomic mass is 32.1. The Hall–Kier alpha value is -3.00. The number of carbonyl (C=O) groups excluding carboxylic acids is 2. The number of aromatic nitrogens is 2. The summed E-state index contributed by atoms with van der Waals surface area (Å²) in [6.07, 6.45) is 2.20. The number of nitrogens with one attached hydrogen (secondary N) is 2. The minimum absolute atomic E-state index is 0.0556. The van der Waals surface area contributed by atoms with Crippen molar-refractivity contribution in [3.8, 4) is 10.7 Å². The molecule has 7 nitrogen and oxygen atoms in total. The maximum Gasteiger partial charge on any atom is 0.243 e. The van der Waals surface area contributed by atoms with Crippen LogP contribution < -0.4 is 10.6 Å². The third kappa shape index (κ3) is 5.50. The molecule has 1 aromatic carbocycles. The van der Waals surface area contributed by atoms with Crippen molar-refractivity contribution < 1.29 is 14.1 Å². The van der Waals surface area contributed by atoms with Crippen LogP contribution in [0.1, 0.15) is 31.2 Å². The van der Waals surface area contributed by atoms with Crippen LogP contribution in [0.3, 0.4) is 0 Å². The molecule has 0 bridgehead atoms. The Morgan fingerprint density at radius 1 is 1.14 bits per heavy atom. The van der Waals surface area contributed by atoms with Crippen LogP contribution in [-0.2, 0) is 22.4 Å². The molecule has 2 heterocycles. The van der Waals surface area contributed by atoms with E-state index in [1.54, 1.807) is 11.3 Å². The first kappa shape index (κ1) is 19.8. The predicted octanol–water partition coefficient (Wildman–Crippen LogP) is 3.44. The van der Waals surface area contributed by atoms with Gasteiger partial charge < -0.3 is 15.2 Å². The zero-order chi connectivity index (χ0) is 19.8. The van der Waals surface area contributed by atoms with Gasteiger partial charge in [-0.05, 0) is 35.9 Å². The van der Waals surface area contributed by atoms with Crippen LogP contribution in [0.5, 0.6) is 0 Å². The molecule has 28 heavy (non-hydrogen) atoms. The van der Waals surface area contributed by atoms with Gasteiger partial charge in [0.1, 0.15) is 0 Å². The van der Waals surface area contributed by atoms with Gasteiger partial charge in [0.05, 0.1) is 11.4 Å². The lowest BCUT2D eigenvalue weighted by Gasteiger charge is -2.10. The maximum atomic E-state index is 12.0. The molecule has 0 atom stereocenters. The summed E-state index contributed by atoms with van der Waals surface area (Å²) in [4.78, 5) is 29.3. The summed E-state index contributed by atoms with van der Waals surface area (Å²) in [6, 6.07) is 11.5. The predicted molar refractivity (Wildman–Crippen MR) is 108 cm³/mol. The van der Waals surface area contributed by atoms with Crippen molar-refractivity contribution in [1.82, 2.24) is 15.5 Å². The van der Waals surface area contributed by atoms with Crippen molar-refractivity contribution in [2.45, 2.75) is 32.6 Å². The second-order valence-corrected chi connectivity index (χ2v) is 7.13. The molecule has 8 heteroatoms. The number of nitrogens with zero attached hydrogens (tertiary/aromatic N) is 2. The fraction of sp³-hybridized carbons (Fsp3) is 0.300. The molecule has 0 aliphatic carbocycles. The molecule has 0 unspecified atom stereocenters. The van der Waals surface area contributed by atoms with E-state index < -0.39 is 0 Å². The Balaban J connectivity index is 1.37. The lowest BCUT2D eigenvalue weighted by molar-refractivity contribution is -0.124. The molecule has 0 aliphatic rings. The fourth-order valence-electron chi connectivity index (χ4n) is 2.67. The van der Waals surface area contributed by atoms with Crippen molar-refractivity contribution >= 4 is 28.8 Å². The van der Waals surface area contributed by atoms with E-state index >= 15 is 0 Å². The fourth-order valence-corrected chi connectivity index (χ4v) is 3.32. The lowest BCUT2D eigenvalue weighted by atomic mass is 10.1. The van der Waals surface area contributed by atoms with Gasteiger partial charge in [-0.2, -0.15) is 4.98 Å². The molecule has 2 aromatic heterocycles. The number of para-hydroxylation sites is 1. The van der Waals surface area contributed by atoms with Gasteiger partial charge in [-0.15, -0.1) is 11.3 Å². The van der Waals surface area contributed by atoms with Crippen LogP contribution >= 0.6 is 11.3 Å². The molecule has 146 valence electrons. The van der Waals surface area contributed by atoms with E-state index in [1.165, 1.54) is 0 Å². The third-order valence-corrected chi connectivity index (χ3v) is 4.99. The van der Waals surface area contributed by atoms with Crippen molar-refractivity contribution in [2.24, 2.45) is 0 Å². The largest absolute Gasteiger partial charge is 0.347 e. The van der Waals surface area contributed by atoms with Crippen LogP contribution in [0.15, 0.2) is 46.3 Å². The Morgan fingerprint density at radius 2 is 2.00 bits per heavy atom. The first-order chi connectivity index (χ1) is 13.7. The van der Waals surface area contributed by atoms with Crippen molar-refractivity contribution in [3.05, 3.63) is 53.2 Å². The first-order valence-electron chi connectivity index (χ1n) is 9.16. The summed E-state index contributed by atoms with van der Waals surface area (Å²) in [7, 11) is 0. The summed E-state index contributed by atoms with van der Waals surface area (Å²) >= 11 is 1.54. The van der Waals surface area contributed by atoms with E-state index in [1.807, 2.05) is 48.7 Å². The third-order valence-electron chi connectivity index (χ3n) is 4.12. The second kappa shape index (κ2) is 9.80. The highest BCUT2D eigenvalue weighted by molar-refractivity contribution is 7.13. The zero-order valence-corrected chi connectivity index (χ0v) is 16.4. The van der Waals surface area contributed by atoms with Crippen molar-refractivity contribution in [1.29, 1.82) is 0 Å². The van der Waals surface area contributed by atoms with E-state index in [9.17, 15) is 9.59 Å². The summed E-state index contributed by atoms with van der Waals surface area (Å²) in [6.45, 7) is 1.97. The van der Waals surface area contributed by atoms with Crippen LogP contribution in [0.25, 0.3) is 10.7 Å². The molecule has 0 fully saturated rings. The number of hydrogen-bond donors (Lipinski definition) is 2. The molecule has 3 rings (SSSR count). The number of carbonyl (C=O) groups is 2. The summed E-state index contributed by atoms with van der Waals surface area (Å²) in [5, 5.41) is 11.4. The molecular formula is C20H22N4O3S. The van der Waals surface area contributed by atoms with Gasteiger partial charge in [0.25, 0.3) is 0 Å². The Labute approximate surface area is 167 Å². The van der Waals surface area contributed by atoms with Crippen LogP contribution in [0.4, 0.5) is 5.69 Å². The van der Waals surface area contributed by atoms with Gasteiger partial charge in [-0.3, -0.25) is 9.59 Å². The Morgan fingerprint density at radius 3 is 2.79 bits per heavy atom. The Kier molecular flexibility index (Phi) is 6.91. The van der Waals surface area contributed by atoms with E-state index in [0.717, 1.165) is 22.5 Å². The van der Waals surface area contributed by atoms with Gasteiger partial charge in [0.2, 0.25) is 23.5 Å². The second-order valence-electron chi connectivity index (χ2n) is 6.18.